The lowest BCUT2D eigenvalue weighted by atomic mass is 10.2. The summed E-state index contributed by atoms with van der Waals surface area (Å²) >= 11 is 7.71. The molecule has 0 unspecified atom stereocenters. The number of furan rings is 1. The van der Waals surface area contributed by atoms with Crippen LogP contribution in [0, 0.1) is 3.77 Å². The van der Waals surface area contributed by atoms with E-state index in [0.717, 1.165) is 18.2 Å². The fourth-order valence-corrected chi connectivity index (χ4v) is 2.34. The maximum Gasteiger partial charge on any atom is 0.416 e. The minimum atomic E-state index is -4.58. The molecule has 2 aromatic rings. The van der Waals surface area contributed by atoms with E-state index in [1.54, 1.807) is 12.1 Å². The third kappa shape index (κ3) is 6.06. The van der Waals surface area contributed by atoms with E-state index in [1.807, 2.05) is 22.6 Å². The van der Waals surface area contributed by atoms with Crippen molar-refractivity contribution in [3.05, 3.63) is 56.5 Å². The summed E-state index contributed by atoms with van der Waals surface area (Å²) in [5, 5.41) is 2.08. The predicted octanol–water partition coefficient (Wildman–Crippen LogP) is 4.75. The highest BCUT2D eigenvalue weighted by atomic mass is 127. The molecule has 0 radical (unpaired) electrons. The van der Waals surface area contributed by atoms with Crippen molar-refractivity contribution in [2.45, 2.75) is 6.18 Å². The van der Waals surface area contributed by atoms with Gasteiger partial charge in [-0.05, 0) is 59.0 Å². The van der Waals surface area contributed by atoms with Gasteiger partial charge in [0.15, 0.2) is 10.4 Å². The lowest BCUT2D eigenvalue weighted by Gasteiger charge is -2.11. The van der Waals surface area contributed by atoms with Crippen LogP contribution in [0.5, 0.6) is 0 Å². The minimum Gasteiger partial charge on any atom is -0.452 e. The number of rotatable bonds is 5. The number of hydrogen-bond donors (Lipinski definition) is 1. The summed E-state index contributed by atoms with van der Waals surface area (Å²) in [5.41, 5.74) is -1.20. The average molecular weight is 500 g/mol. The second-order valence-corrected chi connectivity index (χ2v) is 6.29. The molecule has 0 saturated carbocycles. The van der Waals surface area contributed by atoms with Crippen molar-refractivity contribution in [1.82, 2.24) is 0 Å². The second-order valence-electron chi connectivity index (χ2n) is 4.82. The van der Waals surface area contributed by atoms with E-state index in [0.29, 0.717) is 15.6 Å². The van der Waals surface area contributed by atoms with Gasteiger partial charge in [0.25, 0.3) is 5.91 Å². The van der Waals surface area contributed by atoms with Gasteiger partial charge in [-0.1, -0.05) is 11.6 Å². The number of anilines is 1. The van der Waals surface area contributed by atoms with Crippen LogP contribution in [0.3, 0.4) is 0 Å². The van der Waals surface area contributed by atoms with E-state index in [9.17, 15) is 22.8 Å². The minimum absolute atomic E-state index is 0.0787. The molecule has 5 nitrogen and oxygen atoms in total. The number of esters is 1. The highest BCUT2D eigenvalue weighted by Gasteiger charge is 2.31. The Kier molecular flexibility index (Phi) is 6.70. The normalized spacial score (nSPS) is 11.6. The first-order valence-electron chi connectivity index (χ1n) is 6.92. The molecule has 0 aliphatic rings. The number of alkyl halides is 3. The molecule has 0 saturated heterocycles. The Labute approximate surface area is 164 Å². The van der Waals surface area contributed by atoms with Crippen LogP contribution in [-0.2, 0) is 20.5 Å². The number of nitrogens with one attached hydrogen (secondary N) is 1. The third-order valence-corrected chi connectivity index (χ3v) is 3.80. The Morgan fingerprint density at radius 3 is 2.62 bits per heavy atom. The van der Waals surface area contributed by atoms with Crippen molar-refractivity contribution < 1.29 is 31.9 Å². The molecule has 138 valence electrons. The third-order valence-electron chi connectivity index (χ3n) is 2.89. The number of carbonyl (C=O) groups is 2. The first-order chi connectivity index (χ1) is 12.1. The fourth-order valence-electron chi connectivity index (χ4n) is 1.74. The molecule has 0 fully saturated rings. The quantitative estimate of drug-likeness (QED) is 0.366. The number of ether oxygens (including phenoxy) is 1. The lowest BCUT2D eigenvalue weighted by molar-refractivity contribution is -0.142. The summed E-state index contributed by atoms with van der Waals surface area (Å²) < 4.78 is 48.6. The molecule has 0 spiro atoms. The first kappa shape index (κ1) is 20.3. The highest BCUT2D eigenvalue weighted by Crippen LogP contribution is 2.33. The van der Waals surface area contributed by atoms with Crippen LogP contribution in [0.4, 0.5) is 18.9 Å². The van der Waals surface area contributed by atoms with Crippen molar-refractivity contribution in [1.29, 1.82) is 0 Å². The van der Waals surface area contributed by atoms with E-state index >= 15 is 0 Å². The molecule has 1 N–H and O–H groups in total. The Morgan fingerprint density at radius 1 is 1.27 bits per heavy atom. The Bertz CT molecular complexity index is 848. The summed E-state index contributed by atoms with van der Waals surface area (Å²) in [7, 11) is 0. The van der Waals surface area contributed by atoms with E-state index < -0.39 is 30.2 Å². The van der Waals surface area contributed by atoms with Gasteiger partial charge in [-0.15, -0.1) is 0 Å². The topological polar surface area (TPSA) is 68.5 Å². The van der Waals surface area contributed by atoms with Crippen LogP contribution < -0.4 is 5.32 Å². The van der Waals surface area contributed by atoms with E-state index in [1.165, 1.54) is 6.08 Å². The maximum absolute atomic E-state index is 12.7. The monoisotopic (exact) mass is 499 g/mol. The van der Waals surface area contributed by atoms with Gasteiger partial charge >= 0.3 is 12.1 Å². The van der Waals surface area contributed by atoms with E-state index in [-0.39, 0.29) is 10.7 Å². The summed E-state index contributed by atoms with van der Waals surface area (Å²) in [6.07, 6.45) is -2.17. The largest absolute Gasteiger partial charge is 0.452 e. The molecule has 1 aromatic carbocycles. The van der Waals surface area contributed by atoms with Gasteiger partial charge in [-0.2, -0.15) is 13.2 Å². The standard InChI is InChI=1S/C16H10ClF3INO4/c17-11-4-1-9(16(18,19)20)7-12(11)22-14(23)8-25-15(24)6-3-10-2-5-13(21)26-10/h1-7H,8H2,(H,22,23)/b6-3+. The molecule has 1 aromatic heterocycles. The van der Waals surface area contributed by atoms with Gasteiger partial charge in [0.1, 0.15) is 5.76 Å². The Hall–Kier alpha value is -2.01. The fraction of sp³-hybridized carbons (Fsp3) is 0.125. The molecule has 10 heteroatoms. The van der Waals surface area contributed by atoms with Crippen LogP contribution >= 0.6 is 34.2 Å². The smallest absolute Gasteiger partial charge is 0.416 e. The van der Waals surface area contributed by atoms with Crippen molar-refractivity contribution in [3.63, 3.8) is 0 Å². The molecule has 1 amide bonds. The van der Waals surface area contributed by atoms with Crippen molar-refractivity contribution in [2.75, 3.05) is 11.9 Å². The van der Waals surface area contributed by atoms with Gasteiger partial charge in [-0.25, -0.2) is 4.79 Å². The van der Waals surface area contributed by atoms with Gasteiger partial charge in [-0.3, -0.25) is 4.79 Å². The van der Waals surface area contributed by atoms with Gasteiger partial charge < -0.3 is 14.5 Å². The summed E-state index contributed by atoms with van der Waals surface area (Å²) in [4.78, 5) is 23.3. The van der Waals surface area contributed by atoms with Crippen molar-refractivity contribution in [2.24, 2.45) is 0 Å². The van der Waals surface area contributed by atoms with Gasteiger partial charge in [0, 0.05) is 6.08 Å². The van der Waals surface area contributed by atoms with Gasteiger partial charge in [0.05, 0.1) is 16.3 Å². The molecule has 26 heavy (non-hydrogen) atoms. The number of amides is 1. The summed E-state index contributed by atoms with van der Waals surface area (Å²) in [6, 6.07) is 5.82. The maximum atomic E-state index is 12.7. The van der Waals surface area contributed by atoms with Gasteiger partial charge in [0.2, 0.25) is 0 Å². The lowest BCUT2D eigenvalue weighted by Crippen LogP contribution is -2.20. The predicted molar refractivity (Wildman–Crippen MR) is 96.5 cm³/mol. The molecule has 2 rings (SSSR count). The second kappa shape index (κ2) is 8.58. The van der Waals surface area contributed by atoms with Crippen LogP contribution in [0.25, 0.3) is 6.08 Å². The zero-order valence-electron chi connectivity index (χ0n) is 12.8. The first-order valence-corrected chi connectivity index (χ1v) is 8.37. The molecule has 1 heterocycles. The Morgan fingerprint density at radius 2 is 2.00 bits per heavy atom. The summed E-state index contributed by atoms with van der Waals surface area (Å²) in [5.74, 6) is -1.23. The zero-order chi connectivity index (χ0) is 19.3. The van der Waals surface area contributed by atoms with Crippen molar-refractivity contribution in [3.8, 4) is 0 Å². The number of hydrogen-bond acceptors (Lipinski definition) is 4. The number of halogens is 5. The van der Waals surface area contributed by atoms with E-state index in [2.05, 4.69) is 5.32 Å². The van der Waals surface area contributed by atoms with Crippen LogP contribution in [0.15, 0.2) is 40.8 Å². The highest BCUT2D eigenvalue weighted by molar-refractivity contribution is 14.1. The number of carbonyl (C=O) groups excluding carboxylic acids is 2. The molecule has 0 bridgehead atoms. The molecule has 0 atom stereocenters. The molecule has 0 aliphatic carbocycles. The van der Waals surface area contributed by atoms with Crippen LogP contribution in [-0.4, -0.2) is 18.5 Å². The molecular formula is C16H10ClF3INO4. The van der Waals surface area contributed by atoms with Crippen LogP contribution in [0.1, 0.15) is 11.3 Å². The Balaban J connectivity index is 1.90. The van der Waals surface area contributed by atoms with Crippen molar-refractivity contribution >= 4 is 57.8 Å². The molecule has 0 aliphatic heterocycles. The zero-order valence-corrected chi connectivity index (χ0v) is 15.7. The SMILES string of the molecule is O=C(COC(=O)/C=C/c1ccc(I)o1)Nc1cc(C(F)(F)F)ccc1Cl. The summed E-state index contributed by atoms with van der Waals surface area (Å²) in [6.45, 7) is -0.689. The average Bonchev–Trinajstić information content (AvgIpc) is 2.97. The van der Waals surface area contributed by atoms with E-state index in [4.69, 9.17) is 20.8 Å². The van der Waals surface area contributed by atoms with Crippen LogP contribution in [0.2, 0.25) is 5.02 Å². The molecular weight excluding hydrogens is 490 g/mol. The number of benzene rings is 1.